The SMILES string of the molecule is C=C(C)COc1ccc(C(CC(N)=O)c2oc(C)cc(=O)c2O)cc1. The number of amides is 1. The van der Waals surface area contributed by atoms with Crippen LogP contribution in [0.4, 0.5) is 0 Å². The molecule has 0 saturated carbocycles. The van der Waals surface area contributed by atoms with Gasteiger partial charge in [0.2, 0.25) is 17.1 Å². The van der Waals surface area contributed by atoms with E-state index in [-0.39, 0.29) is 12.2 Å². The molecule has 25 heavy (non-hydrogen) atoms. The lowest BCUT2D eigenvalue weighted by atomic mass is 9.92. The zero-order valence-corrected chi connectivity index (χ0v) is 14.2. The topological polar surface area (TPSA) is 103 Å². The zero-order chi connectivity index (χ0) is 18.6. The maximum absolute atomic E-state index is 11.8. The molecule has 1 atom stereocenters. The van der Waals surface area contributed by atoms with Crippen molar-refractivity contribution in [3.8, 4) is 11.5 Å². The van der Waals surface area contributed by atoms with Crippen LogP contribution in [0, 0.1) is 6.92 Å². The van der Waals surface area contributed by atoms with E-state index in [9.17, 15) is 14.7 Å². The number of ether oxygens (including phenoxy) is 1. The maximum Gasteiger partial charge on any atom is 0.227 e. The van der Waals surface area contributed by atoms with E-state index in [2.05, 4.69) is 6.58 Å². The van der Waals surface area contributed by atoms with Gasteiger partial charge in [-0.05, 0) is 37.1 Å². The van der Waals surface area contributed by atoms with Crippen LogP contribution in [0.2, 0.25) is 0 Å². The molecule has 1 heterocycles. The van der Waals surface area contributed by atoms with Crippen LogP contribution in [0.3, 0.4) is 0 Å². The molecule has 6 nitrogen and oxygen atoms in total. The Morgan fingerprint density at radius 3 is 2.56 bits per heavy atom. The lowest BCUT2D eigenvalue weighted by Gasteiger charge is -2.17. The van der Waals surface area contributed by atoms with Crippen LogP contribution in [-0.4, -0.2) is 17.6 Å². The summed E-state index contributed by atoms with van der Waals surface area (Å²) in [5.74, 6) is -0.747. The van der Waals surface area contributed by atoms with Crippen LogP contribution in [0.15, 0.2) is 51.7 Å². The van der Waals surface area contributed by atoms with E-state index in [1.165, 1.54) is 6.07 Å². The van der Waals surface area contributed by atoms with Crippen molar-refractivity contribution in [2.24, 2.45) is 5.73 Å². The number of benzene rings is 1. The average Bonchev–Trinajstić information content (AvgIpc) is 2.54. The lowest BCUT2D eigenvalue weighted by molar-refractivity contribution is -0.118. The van der Waals surface area contributed by atoms with Crippen LogP contribution < -0.4 is 15.9 Å². The van der Waals surface area contributed by atoms with E-state index in [4.69, 9.17) is 14.9 Å². The molecule has 1 amide bonds. The summed E-state index contributed by atoms with van der Waals surface area (Å²) in [5.41, 5.74) is 6.33. The highest BCUT2D eigenvalue weighted by atomic mass is 16.5. The fraction of sp³-hybridized carbons (Fsp3) is 0.263. The molecule has 0 spiro atoms. The minimum Gasteiger partial charge on any atom is -0.502 e. The van der Waals surface area contributed by atoms with Gasteiger partial charge >= 0.3 is 0 Å². The van der Waals surface area contributed by atoms with Crippen molar-refractivity contribution in [1.29, 1.82) is 0 Å². The predicted octanol–water partition coefficient (Wildman–Crippen LogP) is 2.62. The van der Waals surface area contributed by atoms with Gasteiger partial charge in [0.05, 0.1) is 5.92 Å². The highest BCUT2D eigenvalue weighted by Crippen LogP contribution is 2.33. The molecule has 0 radical (unpaired) electrons. The number of hydrogen-bond donors (Lipinski definition) is 2. The Hall–Kier alpha value is -3.02. The molecule has 1 aromatic carbocycles. The summed E-state index contributed by atoms with van der Waals surface area (Å²) in [5, 5.41) is 10.1. The highest BCUT2D eigenvalue weighted by Gasteiger charge is 2.24. The molecule has 0 aliphatic heterocycles. The van der Waals surface area contributed by atoms with Gasteiger partial charge in [0.25, 0.3) is 0 Å². The summed E-state index contributed by atoms with van der Waals surface area (Å²) >= 11 is 0. The smallest absolute Gasteiger partial charge is 0.227 e. The molecular formula is C19H21NO5. The third-order valence-electron chi connectivity index (χ3n) is 3.56. The van der Waals surface area contributed by atoms with Crippen molar-refractivity contribution in [3.05, 3.63) is 69.8 Å². The van der Waals surface area contributed by atoms with Crippen LogP contribution in [-0.2, 0) is 4.79 Å². The summed E-state index contributed by atoms with van der Waals surface area (Å²) in [6.07, 6.45) is -0.105. The van der Waals surface area contributed by atoms with E-state index < -0.39 is 23.0 Å². The summed E-state index contributed by atoms with van der Waals surface area (Å²) in [7, 11) is 0. The molecule has 1 unspecified atom stereocenters. The molecule has 0 aliphatic rings. The Labute approximate surface area is 145 Å². The Morgan fingerprint density at radius 1 is 1.36 bits per heavy atom. The van der Waals surface area contributed by atoms with E-state index in [1.54, 1.807) is 31.2 Å². The lowest BCUT2D eigenvalue weighted by Crippen LogP contribution is -2.17. The number of rotatable bonds is 7. The van der Waals surface area contributed by atoms with Crippen molar-refractivity contribution in [2.75, 3.05) is 6.61 Å². The van der Waals surface area contributed by atoms with Crippen molar-refractivity contribution >= 4 is 5.91 Å². The van der Waals surface area contributed by atoms with E-state index >= 15 is 0 Å². The molecule has 0 bridgehead atoms. The van der Waals surface area contributed by atoms with Crippen molar-refractivity contribution in [3.63, 3.8) is 0 Å². The van der Waals surface area contributed by atoms with Crippen LogP contribution in [0.1, 0.15) is 36.3 Å². The third-order valence-corrected chi connectivity index (χ3v) is 3.56. The number of nitrogens with two attached hydrogens (primary N) is 1. The first-order chi connectivity index (χ1) is 11.8. The molecule has 3 N–H and O–H groups in total. The number of carbonyl (C=O) groups excluding carboxylic acids is 1. The maximum atomic E-state index is 11.8. The standard InChI is InChI=1S/C19H21NO5/c1-11(2)10-24-14-6-4-13(5-7-14)15(9-17(20)22)19-18(23)16(21)8-12(3)25-19/h4-8,15,23H,1,9-10H2,2-3H3,(H2,20,22). The first-order valence-electron chi connectivity index (χ1n) is 7.77. The van der Waals surface area contributed by atoms with Gasteiger partial charge in [-0.15, -0.1) is 0 Å². The van der Waals surface area contributed by atoms with Crippen molar-refractivity contribution in [1.82, 2.24) is 0 Å². The van der Waals surface area contributed by atoms with E-state index in [0.717, 1.165) is 5.57 Å². The predicted molar refractivity (Wildman–Crippen MR) is 93.8 cm³/mol. The summed E-state index contributed by atoms with van der Waals surface area (Å²) in [4.78, 5) is 23.3. The summed E-state index contributed by atoms with van der Waals surface area (Å²) < 4.78 is 11.1. The molecule has 2 rings (SSSR count). The fourth-order valence-electron chi connectivity index (χ4n) is 2.43. The molecular weight excluding hydrogens is 322 g/mol. The molecule has 1 aromatic heterocycles. The Morgan fingerprint density at radius 2 is 2.00 bits per heavy atom. The quantitative estimate of drug-likeness (QED) is 0.752. The van der Waals surface area contributed by atoms with Crippen molar-refractivity contribution < 1.29 is 19.1 Å². The molecule has 0 fully saturated rings. The number of aromatic hydroxyl groups is 1. The Bertz CT molecular complexity index is 836. The van der Waals surface area contributed by atoms with Gasteiger partial charge in [0.15, 0.2) is 5.76 Å². The number of carbonyl (C=O) groups is 1. The van der Waals surface area contributed by atoms with Gasteiger partial charge in [0, 0.05) is 12.5 Å². The molecule has 132 valence electrons. The summed E-state index contributed by atoms with van der Waals surface area (Å²) in [6.45, 7) is 7.63. The second-order valence-corrected chi connectivity index (χ2v) is 5.97. The van der Waals surface area contributed by atoms with Gasteiger partial charge in [-0.25, -0.2) is 0 Å². The number of primary amides is 1. The second kappa shape index (κ2) is 7.70. The minimum absolute atomic E-state index is 0.0272. The van der Waals surface area contributed by atoms with Crippen LogP contribution in [0.5, 0.6) is 11.5 Å². The first-order valence-corrected chi connectivity index (χ1v) is 7.77. The Balaban J connectivity index is 2.40. The van der Waals surface area contributed by atoms with Gasteiger partial charge in [-0.1, -0.05) is 18.7 Å². The second-order valence-electron chi connectivity index (χ2n) is 5.97. The molecule has 0 saturated heterocycles. The molecule has 6 heteroatoms. The monoisotopic (exact) mass is 343 g/mol. The van der Waals surface area contributed by atoms with Crippen molar-refractivity contribution in [2.45, 2.75) is 26.2 Å². The Kier molecular flexibility index (Phi) is 5.64. The van der Waals surface area contributed by atoms with E-state index in [0.29, 0.717) is 23.7 Å². The number of aryl methyl sites for hydroxylation is 1. The first kappa shape index (κ1) is 18.3. The highest BCUT2D eigenvalue weighted by molar-refractivity contribution is 5.75. The summed E-state index contributed by atoms with van der Waals surface area (Å²) in [6, 6.07) is 8.13. The molecule has 0 aliphatic carbocycles. The van der Waals surface area contributed by atoms with Gasteiger partial charge in [0.1, 0.15) is 18.1 Å². The van der Waals surface area contributed by atoms with E-state index in [1.807, 2.05) is 6.92 Å². The third kappa shape index (κ3) is 4.73. The van der Waals surface area contributed by atoms with Crippen LogP contribution >= 0.6 is 0 Å². The van der Waals surface area contributed by atoms with Gasteiger partial charge in [-0.3, -0.25) is 9.59 Å². The normalized spacial score (nSPS) is 11.8. The van der Waals surface area contributed by atoms with Crippen LogP contribution in [0.25, 0.3) is 0 Å². The number of hydrogen-bond acceptors (Lipinski definition) is 5. The molecule has 2 aromatic rings. The zero-order valence-electron chi connectivity index (χ0n) is 14.2. The minimum atomic E-state index is -0.666. The largest absolute Gasteiger partial charge is 0.502 e. The van der Waals surface area contributed by atoms with Gasteiger partial charge in [-0.2, -0.15) is 0 Å². The average molecular weight is 343 g/mol. The van der Waals surface area contributed by atoms with Gasteiger partial charge < -0.3 is 20.0 Å². The fourth-order valence-corrected chi connectivity index (χ4v) is 2.43.